The van der Waals surface area contributed by atoms with Crippen molar-refractivity contribution < 1.29 is 4.79 Å². The van der Waals surface area contributed by atoms with E-state index in [1.54, 1.807) is 17.8 Å². The van der Waals surface area contributed by atoms with Crippen molar-refractivity contribution in [2.75, 3.05) is 7.05 Å². The number of carbonyl (C=O) groups excluding carboxylic acids is 1. The molecule has 1 aromatic carbocycles. The van der Waals surface area contributed by atoms with Gasteiger partial charge in [-0.25, -0.2) is 0 Å². The first-order valence-corrected chi connectivity index (χ1v) is 7.09. The Morgan fingerprint density at radius 1 is 1.40 bits per heavy atom. The highest BCUT2D eigenvalue weighted by Crippen LogP contribution is 2.14. The number of nitrogens with one attached hydrogen (secondary N) is 2. The first-order chi connectivity index (χ1) is 9.60. The highest BCUT2D eigenvalue weighted by Gasteiger charge is 2.06. The van der Waals surface area contributed by atoms with Crippen LogP contribution < -0.4 is 10.6 Å². The smallest absolute Gasteiger partial charge is 0.251 e. The largest absolute Gasteiger partial charge is 0.355 e. The summed E-state index contributed by atoms with van der Waals surface area (Å²) < 4.78 is 2.76. The van der Waals surface area contributed by atoms with Gasteiger partial charge in [0.2, 0.25) is 0 Å². The molecule has 0 unspecified atom stereocenters. The fourth-order valence-electron chi connectivity index (χ4n) is 1.92. The minimum absolute atomic E-state index is 0.0701. The molecule has 1 amide bonds. The third kappa shape index (κ3) is 3.68. The fraction of sp³-hybridized carbons (Fsp3) is 0.286. The Morgan fingerprint density at radius 3 is 2.85 bits per heavy atom. The number of aromatic nitrogens is 2. The maximum atomic E-state index is 11.6. The summed E-state index contributed by atoms with van der Waals surface area (Å²) in [6.45, 7) is 1.36. The molecule has 0 saturated heterocycles. The Labute approximate surface area is 126 Å². The van der Waals surface area contributed by atoms with Crippen LogP contribution in [0.4, 0.5) is 0 Å². The third-order valence-corrected chi connectivity index (χ3v) is 3.55. The van der Waals surface area contributed by atoms with E-state index < -0.39 is 0 Å². The van der Waals surface area contributed by atoms with Gasteiger partial charge in [0.25, 0.3) is 5.91 Å². The first kappa shape index (κ1) is 14.7. The maximum absolute atomic E-state index is 11.6. The lowest BCUT2D eigenvalue weighted by Gasteiger charge is -2.06. The average molecular weight is 337 g/mol. The normalized spacial score (nSPS) is 10.6. The molecule has 106 valence electrons. The van der Waals surface area contributed by atoms with Crippen LogP contribution in [0.3, 0.4) is 0 Å². The fourth-order valence-corrected chi connectivity index (χ4v) is 2.43. The monoisotopic (exact) mass is 336 g/mol. The van der Waals surface area contributed by atoms with Crippen LogP contribution in [-0.4, -0.2) is 22.7 Å². The molecule has 2 rings (SSSR count). The van der Waals surface area contributed by atoms with Gasteiger partial charge in [0.15, 0.2) is 0 Å². The van der Waals surface area contributed by atoms with Crippen LogP contribution in [0.15, 0.2) is 34.9 Å². The molecule has 5 nitrogen and oxygen atoms in total. The topological polar surface area (TPSA) is 59.0 Å². The molecule has 20 heavy (non-hydrogen) atoms. The van der Waals surface area contributed by atoms with E-state index in [2.05, 4.69) is 31.7 Å². The minimum Gasteiger partial charge on any atom is -0.355 e. The standard InChI is InChI=1S/C14H17BrN4O/c1-16-14(20)11-5-3-4-10(6-11)7-17-8-13-12(15)9-19(2)18-13/h3-6,9,17H,7-8H2,1-2H3,(H,16,20). The molecule has 0 radical (unpaired) electrons. The highest BCUT2D eigenvalue weighted by atomic mass is 79.9. The number of hydrogen-bond donors (Lipinski definition) is 2. The summed E-state index contributed by atoms with van der Waals surface area (Å²) in [6.07, 6.45) is 1.92. The molecule has 0 saturated carbocycles. The Morgan fingerprint density at radius 2 is 2.20 bits per heavy atom. The van der Waals surface area contributed by atoms with Crippen molar-refractivity contribution in [1.82, 2.24) is 20.4 Å². The summed E-state index contributed by atoms with van der Waals surface area (Å²) >= 11 is 3.47. The average Bonchev–Trinajstić information content (AvgIpc) is 2.76. The van der Waals surface area contributed by atoms with Crippen LogP contribution in [0.5, 0.6) is 0 Å². The predicted octanol–water partition coefficient (Wildman–Crippen LogP) is 1.83. The van der Waals surface area contributed by atoms with Crippen LogP contribution in [0.25, 0.3) is 0 Å². The van der Waals surface area contributed by atoms with Crippen molar-refractivity contribution in [2.24, 2.45) is 7.05 Å². The molecular formula is C14H17BrN4O. The molecule has 0 aliphatic heterocycles. The van der Waals surface area contributed by atoms with Gasteiger partial charge >= 0.3 is 0 Å². The Kier molecular flexibility index (Phi) is 4.92. The highest BCUT2D eigenvalue weighted by molar-refractivity contribution is 9.10. The van der Waals surface area contributed by atoms with E-state index in [1.165, 1.54) is 0 Å². The van der Waals surface area contributed by atoms with E-state index in [0.717, 1.165) is 15.7 Å². The lowest BCUT2D eigenvalue weighted by Crippen LogP contribution is -2.18. The molecule has 2 aromatic rings. The van der Waals surface area contributed by atoms with Crippen molar-refractivity contribution in [1.29, 1.82) is 0 Å². The van der Waals surface area contributed by atoms with Crippen LogP contribution in [0.2, 0.25) is 0 Å². The van der Waals surface area contributed by atoms with E-state index in [4.69, 9.17) is 0 Å². The molecule has 0 spiro atoms. The number of halogens is 1. The van der Waals surface area contributed by atoms with Gasteiger partial charge < -0.3 is 10.6 Å². The Balaban J connectivity index is 1.94. The van der Waals surface area contributed by atoms with E-state index in [-0.39, 0.29) is 5.91 Å². The number of carbonyl (C=O) groups is 1. The maximum Gasteiger partial charge on any atom is 0.251 e. The van der Waals surface area contributed by atoms with Gasteiger partial charge in [0.05, 0.1) is 10.2 Å². The second-order valence-corrected chi connectivity index (χ2v) is 5.33. The van der Waals surface area contributed by atoms with E-state index in [0.29, 0.717) is 18.7 Å². The van der Waals surface area contributed by atoms with Gasteiger partial charge in [-0.05, 0) is 33.6 Å². The summed E-state index contributed by atoms with van der Waals surface area (Å²) in [4.78, 5) is 11.6. The zero-order valence-corrected chi connectivity index (χ0v) is 13.1. The Bertz CT molecular complexity index is 609. The van der Waals surface area contributed by atoms with Crippen LogP contribution in [-0.2, 0) is 20.1 Å². The number of nitrogens with zero attached hydrogens (tertiary/aromatic N) is 2. The summed E-state index contributed by atoms with van der Waals surface area (Å²) in [5, 5.41) is 10.3. The van der Waals surface area contributed by atoms with Crippen molar-refractivity contribution in [3.8, 4) is 0 Å². The number of benzene rings is 1. The third-order valence-electron chi connectivity index (χ3n) is 2.89. The molecule has 0 aliphatic rings. The summed E-state index contributed by atoms with van der Waals surface area (Å²) in [5.41, 5.74) is 2.71. The van der Waals surface area contributed by atoms with Crippen molar-refractivity contribution in [2.45, 2.75) is 13.1 Å². The molecule has 2 N–H and O–H groups in total. The van der Waals surface area contributed by atoms with Gasteiger partial charge in [-0.2, -0.15) is 5.10 Å². The van der Waals surface area contributed by atoms with Gasteiger partial charge in [-0.15, -0.1) is 0 Å². The van der Waals surface area contributed by atoms with Gasteiger partial charge in [-0.1, -0.05) is 12.1 Å². The molecule has 1 heterocycles. The zero-order valence-electron chi connectivity index (χ0n) is 11.5. The summed E-state index contributed by atoms with van der Waals surface area (Å²) in [7, 11) is 3.52. The number of hydrogen-bond acceptors (Lipinski definition) is 3. The second-order valence-electron chi connectivity index (χ2n) is 4.48. The molecular weight excluding hydrogens is 320 g/mol. The molecule has 6 heteroatoms. The van der Waals surface area contributed by atoms with Gasteiger partial charge in [0.1, 0.15) is 0 Å². The van der Waals surface area contributed by atoms with Crippen molar-refractivity contribution in [3.63, 3.8) is 0 Å². The molecule has 0 aliphatic carbocycles. The second kappa shape index (κ2) is 6.67. The number of rotatable bonds is 5. The number of amides is 1. The van der Waals surface area contributed by atoms with Gasteiger partial charge in [-0.3, -0.25) is 9.48 Å². The molecule has 0 fully saturated rings. The van der Waals surface area contributed by atoms with Crippen LogP contribution in [0.1, 0.15) is 21.6 Å². The van der Waals surface area contributed by atoms with Gasteiger partial charge in [0, 0.05) is 38.9 Å². The van der Waals surface area contributed by atoms with Crippen LogP contribution in [0, 0.1) is 0 Å². The zero-order chi connectivity index (χ0) is 14.5. The number of aryl methyl sites for hydroxylation is 1. The lowest BCUT2D eigenvalue weighted by atomic mass is 10.1. The molecule has 0 atom stereocenters. The first-order valence-electron chi connectivity index (χ1n) is 6.30. The van der Waals surface area contributed by atoms with Crippen LogP contribution >= 0.6 is 15.9 Å². The quantitative estimate of drug-likeness (QED) is 0.875. The van der Waals surface area contributed by atoms with E-state index >= 15 is 0 Å². The molecule has 0 bridgehead atoms. The summed E-state index contributed by atoms with van der Waals surface area (Å²) in [6, 6.07) is 7.57. The van der Waals surface area contributed by atoms with E-state index in [1.807, 2.05) is 31.4 Å². The Hall–Kier alpha value is -1.66. The van der Waals surface area contributed by atoms with Crippen molar-refractivity contribution in [3.05, 3.63) is 51.8 Å². The SMILES string of the molecule is CNC(=O)c1cccc(CNCc2nn(C)cc2Br)c1. The lowest BCUT2D eigenvalue weighted by molar-refractivity contribution is 0.0963. The predicted molar refractivity (Wildman–Crippen MR) is 81.3 cm³/mol. The summed E-state index contributed by atoms with van der Waals surface area (Å²) in [5.74, 6) is -0.0701. The molecule has 1 aromatic heterocycles. The van der Waals surface area contributed by atoms with E-state index in [9.17, 15) is 4.79 Å². The minimum atomic E-state index is -0.0701. The van der Waals surface area contributed by atoms with Crippen molar-refractivity contribution >= 4 is 21.8 Å².